The van der Waals surface area contributed by atoms with Gasteiger partial charge in [-0.3, -0.25) is 4.79 Å². The summed E-state index contributed by atoms with van der Waals surface area (Å²) in [6.07, 6.45) is 1.08. The maximum Gasteiger partial charge on any atom is 0.222 e. The van der Waals surface area contributed by atoms with Gasteiger partial charge in [-0.05, 0) is 18.2 Å². The summed E-state index contributed by atoms with van der Waals surface area (Å²) in [5.74, 6) is 0.249. The second-order valence-electron chi connectivity index (χ2n) is 2.91. The summed E-state index contributed by atoms with van der Waals surface area (Å²) in [6.45, 7) is 0. The molecule has 1 aromatic rings. The molecule has 82 valence electrons. The Bertz CT molecular complexity index is 493. The minimum atomic E-state index is -3.38. The Labute approximate surface area is 102 Å². The van der Waals surface area contributed by atoms with E-state index >= 15 is 0 Å². The van der Waals surface area contributed by atoms with Crippen LogP contribution in [0.2, 0.25) is 0 Å². The van der Waals surface area contributed by atoms with Crippen molar-refractivity contribution in [1.29, 1.82) is 0 Å². The summed E-state index contributed by atoms with van der Waals surface area (Å²) in [5.41, 5.74) is 0.344. The van der Waals surface area contributed by atoms with Crippen LogP contribution in [0, 0.1) is 0 Å². The van der Waals surface area contributed by atoms with Gasteiger partial charge in [0.2, 0.25) is 3.79 Å². The van der Waals surface area contributed by atoms with Crippen molar-refractivity contribution >= 4 is 36.2 Å². The number of benzene rings is 1. The highest BCUT2D eigenvalue weighted by atomic mass is 127. The van der Waals surface area contributed by atoms with Gasteiger partial charge in [0.1, 0.15) is 10.6 Å². The van der Waals surface area contributed by atoms with Gasteiger partial charge in [0, 0.05) is 34.4 Å². The lowest BCUT2D eigenvalue weighted by Gasteiger charge is -2.07. The third kappa shape index (κ3) is 2.91. The largest absolute Gasteiger partial charge is 0.495 e. The molecule has 0 N–H and O–H groups in total. The average Bonchev–Trinajstić information content (AvgIpc) is 2.15. The van der Waals surface area contributed by atoms with Crippen molar-refractivity contribution in [2.75, 3.05) is 13.4 Å². The second kappa shape index (κ2) is 4.48. The van der Waals surface area contributed by atoms with Gasteiger partial charge in [0.25, 0.3) is 0 Å². The molecule has 0 aromatic heterocycles. The minimum absolute atomic E-state index is 0.0347. The molecule has 0 radical (unpaired) electrons. The molecular weight excluding hydrogens is 331 g/mol. The van der Waals surface area contributed by atoms with E-state index in [1.165, 1.54) is 25.3 Å². The van der Waals surface area contributed by atoms with Crippen molar-refractivity contribution in [2.45, 2.75) is 4.90 Å². The van der Waals surface area contributed by atoms with E-state index in [1.807, 2.05) is 0 Å². The summed E-state index contributed by atoms with van der Waals surface area (Å²) < 4.78 is 27.5. The van der Waals surface area contributed by atoms with Crippen LogP contribution in [0.5, 0.6) is 5.75 Å². The van der Waals surface area contributed by atoms with Crippen molar-refractivity contribution in [3.8, 4) is 5.75 Å². The molecule has 0 amide bonds. The number of methoxy groups -OCH3 is 1. The summed E-state index contributed by atoms with van der Waals surface area (Å²) >= 11 is 1.60. The molecule has 0 aliphatic rings. The quantitative estimate of drug-likeness (QED) is 0.620. The Hall–Kier alpha value is -0.630. The predicted octanol–water partition coefficient (Wildman–Crippen LogP) is 1.67. The van der Waals surface area contributed by atoms with E-state index < -0.39 is 9.84 Å². The Morgan fingerprint density at radius 2 is 2.00 bits per heavy atom. The zero-order valence-electron chi connectivity index (χ0n) is 8.15. The lowest BCUT2D eigenvalue weighted by Crippen LogP contribution is -2.02. The van der Waals surface area contributed by atoms with Crippen LogP contribution in [0.25, 0.3) is 0 Å². The van der Waals surface area contributed by atoms with Crippen LogP contribution in [-0.4, -0.2) is 25.6 Å². The molecule has 0 saturated heterocycles. The number of carbonyl (C=O) groups excluding carboxylic acids is 1. The Kier molecular flexibility index (Phi) is 3.72. The molecule has 1 rings (SSSR count). The van der Waals surface area contributed by atoms with Crippen LogP contribution >= 0.6 is 22.6 Å². The fourth-order valence-electron chi connectivity index (χ4n) is 1.09. The fraction of sp³-hybridized carbons (Fsp3) is 0.222. The highest BCUT2D eigenvalue weighted by Gasteiger charge is 2.16. The number of carbonyl (C=O) groups is 1. The molecule has 0 bridgehead atoms. The molecule has 6 heteroatoms. The number of ether oxygens (including phenoxy) is 1. The van der Waals surface area contributed by atoms with Gasteiger partial charge >= 0.3 is 0 Å². The molecule has 0 spiro atoms. The first-order chi connectivity index (χ1) is 6.86. The van der Waals surface area contributed by atoms with E-state index in [9.17, 15) is 13.2 Å². The summed E-state index contributed by atoms with van der Waals surface area (Å²) in [6, 6.07) is 4.33. The third-order valence-electron chi connectivity index (χ3n) is 1.79. The summed E-state index contributed by atoms with van der Waals surface area (Å²) in [7, 11) is -2.00. The monoisotopic (exact) mass is 340 g/mol. The lowest BCUT2D eigenvalue weighted by molar-refractivity contribution is 0.110. The van der Waals surface area contributed by atoms with E-state index in [4.69, 9.17) is 4.74 Å². The molecule has 0 fully saturated rings. The van der Waals surface area contributed by atoms with Gasteiger partial charge in [-0.15, -0.1) is 0 Å². The Morgan fingerprint density at radius 3 is 2.40 bits per heavy atom. The first-order valence-electron chi connectivity index (χ1n) is 3.94. The molecule has 4 nitrogen and oxygen atoms in total. The van der Waals surface area contributed by atoms with Crippen molar-refractivity contribution in [1.82, 2.24) is 0 Å². The first-order valence-corrected chi connectivity index (χ1v) is 6.91. The average molecular weight is 340 g/mol. The summed E-state index contributed by atoms with van der Waals surface area (Å²) in [4.78, 5) is 11.1. The maximum absolute atomic E-state index is 11.4. The van der Waals surface area contributed by atoms with Crippen molar-refractivity contribution in [2.24, 2.45) is 0 Å². The third-order valence-corrected chi connectivity index (χ3v) is 3.53. The smallest absolute Gasteiger partial charge is 0.222 e. The van der Waals surface area contributed by atoms with Crippen LogP contribution in [0.1, 0.15) is 10.4 Å². The molecule has 0 unspecified atom stereocenters. The molecule has 0 aliphatic carbocycles. The minimum Gasteiger partial charge on any atom is -0.495 e. The number of sulfone groups is 1. The highest BCUT2D eigenvalue weighted by molar-refractivity contribution is 14.1. The van der Waals surface area contributed by atoms with E-state index in [0.29, 0.717) is 5.56 Å². The van der Waals surface area contributed by atoms with E-state index in [1.54, 1.807) is 22.6 Å². The topological polar surface area (TPSA) is 60.4 Å². The van der Waals surface area contributed by atoms with Gasteiger partial charge in [-0.2, -0.15) is 0 Å². The van der Waals surface area contributed by atoms with Crippen LogP contribution in [0.3, 0.4) is 0 Å². The van der Waals surface area contributed by atoms with Gasteiger partial charge in [0.05, 0.1) is 7.11 Å². The Morgan fingerprint density at radius 1 is 1.40 bits per heavy atom. The highest BCUT2D eigenvalue weighted by Crippen LogP contribution is 2.25. The zero-order chi connectivity index (χ0) is 11.6. The van der Waals surface area contributed by atoms with Crippen LogP contribution in [0.15, 0.2) is 23.1 Å². The van der Waals surface area contributed by atoms with Crippen LogP contribution < -0.4 is 4.74 Å². The van der Waals surface area contributed by atoms with E-state index in [-0.39, 0.29) is 14.4 Å². The normalized spacial score (nSPS) is 11.1. The Balaban J connectivity index is 3.46. The molecular formula is C9H9IO4S. The molecule has 0 heterocycles. The van der Waals surface area contributed by atoms with Gasteiger partial charge < -0.3 is 4.74 Å². The van der Waals surface area contributed by atoms with Crippen LogP contribution in [-0.2, 0) is 9.84 Å². The number of hydrogen-bond acceptors (Lipinski definition) is 4. The molecule has 0 atom stereocenters. The number of halogens is 1. The molecule has 1 aromatic carbocycles. The van der Waals surface area contributed by atoms with E-state index in [0.717, 1.165) is 6.26 Å². The standard InChI is InChI=1S/C9H9IO4S/c1-14-7-4-3-6(9(10)11)5-8(7)15(2,12)13/h3-5H,1-2H3. The first kappa shape index (κ1) is 12.4. The van der Waals surface area contributed by atoms with Crippen LogP contribution in [0.4, 0.5) is 0 Å². The lowest BCUT2D eigenvalue weighted by atomic mass is 10.2. The number of hydrogen-bond donors (Lipinski definition) is 0. The zero-order valence-corrected chi connectivity index (χ0v) is 11.1. The van der Waals surface area contributed by atoms with Gasteiger partial charge in [-0.1, -0.05) is 0 Å². The van der Waals surface area contributed by atoms with Crippen molar-refractivity contribution in [3.05, 3.63) is 23.8 Å². The van der Waals surface area contributed by atoms with Gasteiger partial charge in [0.15, 0.2) is 9.84 Å². The number of rotatable bonds is 3. The predicted molar refractivity (Wildman–Crippen MR) is 64.5 cm³/mol. The molecule has 0 aliphatic heterocycles. The molecule has 15 heavy (non-hydrogen) atoms. The summed E-state index contributed by atoms with van der Waals surface area (Å²) in [5, 5.41) is 0. The van der Waals surface area contributed by atoms with E-state index in [2.05, 4.69) is 0 Å². The van der Waals surface area contributed by atoms with Crippen molar-refractivity contribution < 1.29 is 17.9 Å². The fourth-order valence-corrected chi connectivity index (χ4v) is 2.28. The maximum atomic E-state index is 11.4. The van der Waals surface area contributed by atoms with Crippen molar-refractivity contribution in [3.63, 3.8) is 0 Å². The SMILES string of the molecule is COc1ccc(C(=O)I)cc1S(C)(=O)=O. The van der Waals surface area contributed by atoms with Gasteiger partial charge in [-0.25, -0.2) is 8.42 Å². The molecule has 0 saturated carbocycles. The second-order valence-corrected chi connectivity index (χ2v) is 5.88.